The summed E-state index contributed by atoms with van der Waals surface area (Å²) in [5.74, 6) is 2.23. The molecular weight excluding hydrogens is 388 g/mol. The molecule has 1 aliphatic carbocycles. The highest BCUT2D eigenvalue weighted by Crippen LogP contribution is 2.46. The molecule has 4 aromatic rings. The summed E-state index contributed by atoms with van der Waals surface area (Å²) in [7, 11) is 1.73. The van der Waals surface area contributed by atoms with E-state index in [0.29, 0.717) is 5.92 Å². The minimum absolute atomic E-state index is 0.284. The topological polar surface area (TPSA) is 81.6 Å². The minimum atomic E-state index is 0.284. The van der Waals surface area contributed by atoms with E-state index < -0.39 is 0 Å². The molecule has 3 aromatic heterocycles. The molecule has 1 saturated heterocycles. The Labute approximate surface area is 180 Å². The first-order valence-corrected chi connectivity index (χ1v) is 11.0. The van der Waals surface area contributed by atoms with E-state index in [9.17, 15) is 0 Å². The standard InChI is InChI=1S/C24H26N6O/c1-31-23-19(16-3-4-16)7-5-17-6-8-20(26-22(17)23)24-28-27-21-9-2-15(13-30(21)24)12-29-11-10-18(25)14-29/h2,5-9,13,16,18H,3-4,10-12,14,25H2,1H3/t18-/m0/s1. The van der Waals surface area contributed by atoms with Gasteiger partial charge in [-0.3, -0.25) is 9.30 Å². The van der Waals surface area contributed by atoms with E-state index in [-0.39, 0.29) is 6.04 Å². The van der Waals surface area contributed by atoms with Crippen molar-refractivity contribution in [3.63, 3.8) is 0 Å². The van der Waals surface area contributed by atoms with E-state index in [1.807, 2.05) is 16.5 Å². The van der Waals surface area contributed by atoms with Crippen molar-refractivity contribution in [1.82, 2.24) is 24.5 Å². The van der Waals surface area contributed by atoms with Crippen LogP contribution in [0.15, 0.2) is 42.6 Å². The largest absolute Gasteiger partial charge is 0.494 e. The van der Waals surface area contributed by atoms with Gasteiger partial charge in [0.1, 0.15) is 17.0 Å². The Balaban J connectivity index is 1.41. The number of methoxy groups -OCH3 is 1. The molecular formula is C24H26N6O. The Morgan fingerprint density at radius 2 is 1.94 bits per heavy atom. The molecule has 0 amide bonds. The highest BCUT2D eigenvalue weighted by atomic mass is 16.5. The van der Waals surface area contributed by atoms with E-state index >= 15 is 0 Å². The molecule has 1 atom stereocenters. The van der Waals surface area contributed by atoms with E-state index in [0.717, 1.165) is 59.9 Å². The monoisotopic (exact) mass is 414 g/mol. The lowest BCUT2D eigenvalue weighted by molar-refractivity contribution is 0.326. The molecule has 0 unspecified atom stereocenters. The van der Waals surface area contributed by atoms with Crippen LogP contribution in [0.5, 0.6) is 5.75 Å². The molecule has 158 valence electrons. The highest BCUT2D eigenvalue weighted by Gasteiger charge is 2.28. The lowest BCUT2D eigenvalue weighted by Gasteiger charge is -2.15. The summed E-state index contributed by atoms with van der Waals surface area (Å²) in [4.78, 5) is 7.37. The van der Waals surface area contributed by atoms with Gasteiger partial charge < -0.3 is 10.5 Å². The summed E-state index contributed by atoms with van der Waals surface area (Å²) < 4.78 is 7.84. The number of nitrogens with two attached hydrogens (primary N) is 1. The number of nitrogens with zero attached hydrogens (tertiary/aromatic N) is 5. The summed E-state index contributed by atoms with van der Waals surface area (Å²) in [6, 6.07) is 12.9. The van der Waals surface area contributed by atoms with Crippen molar-refractivity contribution >= 4 is 16.6 Å². The molecule has 0 bridgehead atoms. The normalized spacial score (nSPS) is 19.5. The number of aromatic nitrogens is 4. The van der Waals surface area contributed by atoms with E-state index in [2.05, 4.69) is 45.6 Å². The molecule has 2 fully saturated rings. The van der Waals surface area contributed by atoms with Crippen LogP contribution in [0.4, 0.5) is 0 Å². The van der Waals surface area contributed by atoms with Crippen molar-refractivity contribution in [2.45, 2.75) is 37.8 Å². The SMILES string of the molecule is COc1c(C2CC2)ccc2ccc(-c3nnc4ccc(CN5CC[C@H](N)C5)cn34)nc12. The summed E-state index contributed by atoms with van der Waals surface area (Å²) in [6.07, 6.45) is 5.63. The third-order valence-electron chi connectivity index (χ3n) is 6.48. The Morgan fingerprint density at radius 3 is 2.71 bits per heavy atom. The van der Waals surface area contributed by atoms with Crippen molar-refractivity contribution in [3.05, 3.63) is 53.7 Å². The number of benzene rings is 1. The molecule has 1 saturated carbocycles. The molecule has 1 aliphatic heterocycles. The van der Waals surface area contributed by atoms with Gasteiger partial charge in [-0.15, -0.1) is 10.2 Å². The Bertz CT molecular complexity index is 1280. The Morgan fingerprint density at radius 1 is 1.06 bits per heavy atom. The van der Waals surface area contributed by atoms with Crippen molar-refractivity contribution in [2.24, 2.45) is 5.73 Å². The lowest BCUT2D eigenvalue weighted by atomic mass is 10.1. The average Bonchev–Trinajstić information content (AvgIpc) is 3.43. The van der Waals surface area contributed by atoms with Crippen LogP contribution in [0.3, 0.4) is 0 Å². The van der Waals surface area contributed by atoms with Gasteiger partial charge in [0.25, 0.3) is 0 Å². The van der Waals surface area contributed by atoms with Gasteiger partial charge in [-0.2, -0.15) is 0 Å². The summed E-state index contributed by atoms with van der Waals surface area (Å²) in [5, 5.41) is 9.90. The van der Waals surface area contributed by atoms with Gasteiger partial charge >= 0.3 is 0 Å². The van der Waals surface area contributed by atoms with Crippen LogP contribution in [0.25, 0.3) is 28.1 Å². The quantitative estimate of drug-likeness (QED) is 0.539. The first kappa shape index (κ1) is 18.7. The maximum Gasteiger partial charge on any atom is 0.187 e. The number of ether oxygens (including phenoxy) is 1. The van der Waals surface area contributed by atoms with Crippen LogP contribution in [0.1, 0.15) is 36.3 Å². The number of likely N-dealkylation sites (tertiary alicyclic amines) is 1. The summed E-state index contributed by atoms with van der Waals surface area (Å²) >= 11 is 0. The molecule has 7 nitrogen and oxygen atoms in total. The van der Waals surface area contributed by atoms with Crippen LogP contribution >= 0.6 is 0 Å². The zero-order valence-corrected chi connectivity index (χ0v) is 17.7. The van der Waals surface area contributed by atoms with Crippen LogP contribution in [-0.4, -0.2) is 50.7 Å². The highest BCUT2D eigenvalue weighted by molar-refractivity contribution is 5.88. The molecule has 4 heterocycles. The van der Waals surface area contributed by atoms with Gasteiger partial charge in [0, 0.05) is 37.3 Å². The molecule has 31 heavy (non-hydrogen) atoms. The van der Waals surface area contributed by atoms with Gasteiger partial charge in [0.15, 0.2) is 11.5 Å². The van der Waals surface area contributed by atoms with Gasteiger partial charge in [0.2, 0.25) is 0 Å². The van der Waals surface area contributed by atoms with Gasteiger partial charge in [-0.25, -0.2) is 4.98 Å². The van der Waals surface area contributed by atoms with Gasteiger partial charge in [-0.1, -0.05) is 24.3 Å². The summed E-state index contributed by atoms with van der Waals surface area (Å²) in [5.41, 5.74) is 11.1. The van der Waals surface area contributed by atoms with Crippen molar-refractivity contribution in [3.8, 4) is 17.3 Å². The fraction of sp³-hybridized carbons (Fsp3) is 0.375. The molecule has 6 rings (SSSR count). The summed E-state index contributed by atoms with van der Waals surface area (Å²) in [6.45, 7) is 2.87. The number of fused-ring (bicyclic) bond motifs is 2. The predicted molar refractivity (Wildman–Crippen MR) is 120 cm³/mol. The fourth-order valence-corrected chi connectivity index (χ4v) is 4.70. The molecule has 0 radical (unpaired) electrons. The first-order chi connectivity index (χ1) is 15.2. The predicted octanol–water partition coefficient (Wildman–Crippen LogP) is 3.36. The smallest absolute Gasteiger partial charge is 0.187 e. The second-order valence-corrected chi connectivity index (χ2v) is 8.80. The molecule has 1 aromatic carbocycles. The second-order valence-electron chi connectivity index (χ2n) is 8.80. The van der Waals surface area contributed by atoms with Crippen LogP contribution in [0, 0.1) is 0 Å². The van der Waals surface area contributed by atoms with Crippen LogP contribution in [0.2, 0.25) is 0 Å². The van der Waals surface area contributed by atoms with E-state index in [4.69, 9.17) is 15.5 Å². The molecule has 2 aliphatic rings. The maximum atomic E-state index is 6.07. The third-order valence-corrected chi connectivity index (χ3v) is 6.48. The lowest BCUT2D eigenvalue weighted by Crippen LogP contribution is -2.26. The number of hydrogen-bond donors (Lipinski definition) is 1. The Kier molecular flexibility index (Phi) is 4.40. The van der Waals surface area contributed by atoms with Gasteiger partial charge in [-0.05, 0) is 48.4 Å². The van der Waals surface area contributed by atoms with Crippen molar-refractivity contribution in [2.75, 3.05) is 20.2 Å². The van der Waals surface area contributed by atoms with Crippen molar-refractivity contribution in [1.29, 1.82) is 0 Å². The zero-order valence-electron chi connectivity index (χ0n) is 17.7. The van der Waals surface area contributed by atoms with E-state index in [1.54, 1.807) is 7.11 Å². The van der Waals surface area contributed by atoms with Crippen LogP contribution in [-0.2, 0) is 6.54 Å². The van der Waals surface area contributed by atoms with Crippen molar-refractivity contribution < 1.29 is 4.74 Å². The minimum Gasteiger partial charge on any atom is -0.494 e. The molecule has 2 N–H and O–H groups in total. The fourth-order valence-electron chi connectivity index (χ4n) is 4.70. The number of pyridine rings is 2. The number of rotatable bonds is 5. The third kappa shape index (κ3) is 3.34. The van der Waals surface area contributed by atoms with Gasteiger partial charge in [0.05, 0.1) is 7.11 Å². The zero-order chi connectivity index (χ0) is 20.9. The Hall–Kier alpha value is -3.03. The first-order valence-electron chi connectivity index (χ1n) is 11.0. The second kappa shape index (κ2) is 7.28. The number of hydrogen-bond acceptors (Lipinski definition) is 6. The van der Waals surface area contributed by atoms with E-state index in [1.165, 1.54) is 24.0 Å². The van der Waals surface area contributed by atoms with Crippen LogP contribution < -0.4 is 10.5 Å². The molecule has 0 spiro atoms. The maximum absolute atomic E-state index is 6.07. The molecule has 7 heteroatoms. The average molecular weight is 415 g/mol.